The van der Waals surface area contributed by atoms with E-state index in [9.17, 15) is 0 Å². The van der Waals surface area contributed by atoms with E-state index >= 15 is 0 Å². The molecule has 0 atom stereocenters. The first-order valence-corrected chi connectivity index (χ1v) is 12.6. The monoisotopic (exact) mass is 406 g/mol. The van der Waals surface area contributed by atoms with E-state index < -0.39 is 0 Å². The lowest BCUT2D eigenvalue weighted by Gasteiger charge is -2.31. The SMILES string of the molecule is CCCCC1CCC(CCC2CCC(/C=C/C#Cc3ccc(OC)cc3)CC2)CC1. The third kappa shape index (κ3) is 7.86. The van der Waals surface area contributed by atoms with E-state index in [1.807, 2.05) is 24.3 Å². The number of unbranched alkanes of at least 4 members (excludes halogenated alkanes) is 1. The summed E-state index contributed by atoms with van der Waals surface area (Å²) >= 11 is 0. The molecule has 0 N–H and O–H groups in total. The van der Waals surface area contributed by atoms with Crippen LogP contribution in [-0.2, 0) is 0 Å². The zero-order chi connectivity index (χ0) is 21.0. The second-order valence-corrected chi connectivity index (χ2v) is 9.74. The average Bonchev–Trinajstić information content (AvgIpc) is 2.81. The van der Waals surface area contributed by atoms with Gasteiger partial charge in [0.2, 0.25) is 0 Å². The van der Waals surface area contributed by atoms with Gasteiger partial charge in [0.25, 0.3) is 0 Å². The van der Waals surface area contributed by atoms with Crippen LogP contribution in [-0.4, -0.2) is 7.11 Å². The van der Waals surface area contributed by atoms with Gasteiger partial charge in [0, 0.05) is 5.56 Å². The van der Waals surface area contributed by atoms with Crippen LogP contribution in [0.4, 0.5) is 0 Å². The third-order valence-corrected chi connectivity index (χ3v) is 7.57. The van der Waals surface area contributed by atoms with Crippen molar-refractivity contribution in [2.75, 3.05) is 7.11 Å². The van der Waals surface area contributed by atoms with E-state index in [2.05, 4.69) is 30.9 Å². The molecule has 0 heterocycles. The molecule has 2 fully saturated rings. The molecule has 2 aliphatic rings. The van der Waals surface area contributed by atoms with Gasteiger partial charge in [-0.1, -0.05) is 82.6 Å². The van der Waals surface area contributed by atoms with Crippen molar-refractivity contribution in [2.45, 2.75) is 90.4 Å². The van der Waals surface area contributed by atoms with Gasteiger partial charge < -0.3 is 4.74 Å². The Hall–Kier alpha value is -1.68. The minimum Gasteiger partial charge on any atom is -0.497 e. The maximum Gasteiger partial charge on any atom is 0.118 e. The highest BCUT2D eigenvalue weighted by molar-refractivity contribution is 5.40. The normalized spacial score (nSPS) is 26.9. The number of hydrogen-bond donors (Lipinski definition) is 0. The minimum absolute atomic E-state index is 0.737. The molecular weight excluding hydrogens is 364 g/mol. The van der Waals surface area contributed by atoms with E-state index in [1.165, 1.54) is 83.5 Å². The Morgan fingerprint density at radius 2 is 1.40 bits per heavy atom. The lowest BCUT2D eigenvalue weighted by molar-refractivity contribution is 0.220. The molecule has 0 spiro atoms. The Labute approximate surface area is 185 Å². The predicted octanol–water partition coefficient (Wildman–Crippen LogP) is 8.19. The summed E-state index contributed by atoms with van der Waals surface area (Å²) in [5, 5.41) is 0. The molecule has 0 aliphatic heterocycles. The van der Waals surface area contributed by atoms with Gasteiger partial charge in [-0.05, 0) is 79.7 Å². The summed E-state index contributed by atoms with van der Waals surface area (Å²) in [7, 11) is 1.69. The van der Waals surface area contributed by atoms with Gasteiger partial charge in [0.05, 0.1) is 7.11 Å². The molecule has 0 aromatic heterocycles. The van der Waals surface area contributed by atoms with Crippen LogP contribution < -0.4 is 4.74 Å². The standard InChI is InChI=1S/C29H42O/c1-3-4-7-24-10-14-27(15-11-24)18-19-28-16-12-25(13-17-28)8-5-6-9-26-20-22-29(30-2)23-21-26/h5,8,20-25,27-28H,3-4,7,10-19H2,1-2H3/b8-5+. The van der Waals surface area contributed by atoms with Crippen LogP contribution in [0.1, 0.15) is 96.0 Å². The van der Waals surface area contributed by atoms with Crippen LogP contribution in [0.5, 0.6) is 5.75 Å². The molecule has 2 aliphatic carbocycles. The number of hydrogen-bond acceptors (Lipinski definition) is 1. The van der Waals surface area contributed by atoms with E-state index in [1.54, 1.807) is 7.11 Å². The molecule has 0 saturated heterocycles. The molecular formula is C29H42O. The fourth-order valence-electron chi connectivity index (χ4n) is 5.43. The minimum atomic E-state index is 0.737. The molecule has 0 unspecified atom stereocenters. The highest BCUT2D eigenvalue weighted by Gasteiger charge is 2.23. The number of ether oxygens (including phenoxy) is 1. The summed E-state index contributed by atoms with van der Waals surface area (Å²) in [5.74, 6) is 11.1. The van der Waals surface area contributed by atoms with Crippen LogP contribution >= 0.6 is 0 Å². The van der Waals surface area contributed by atoms with Crippen molar-refractivity contribution < 1.29 is 4.74 Å². The van der Waals surface area contributed by atoms with Crippen molar-refractivity contribution in [2.24, 2.45) is 23.7 Å². The van der Waals surface area contributed by atoms with Gasteiger partial charge >= 0.3 is 0 Å². The van der Waals surface area contributed by atoms with Gasteiger partial charge in [-0.25, -0.2) is 0 Å². The van der Waals surface area contributed by atoms with Crippen LogP contribution in [0, 0.1) is 35.5 Å². The molecule has 0 amide bonds. The topological polar surface area (TPSA) is 9.23 Å². The number of benzene rings is 1. The second-order valence-electron chi connectivity index (χ2n) is 9.74. The van der Waals surface area contributed by atoms with Gasteiger partial charge in [-0.2, -0.15) is 0 Å². The van der Waals surface area contributed by atoms with Crippen molar-refractivity contribution in [3.63, 3.8) is 0 Å². The molecule has 3 rings (SSSR count). The van der Waals surface area contributed by atoms with Crippen LogP contribution in [0.25, 0.3) is 0 Å². The summed E-state index contributed by atoms with van der Waals surface area (Å²) in [6, 6.07) is 7.96. The largest absolute Gasteiger partial charge is 0.497 e. The molecule has 30 heavy (non-hydrogen) atoms. The maximum atomic E-state index is 5.19. The summed E-state index contributed by atoms with van der Waals surface area (Å²) in [4.78, 5) is 0. The molecule has 2 saturated carbocycles. The second kappa shape index (κ2) is 12.9. The first kappa shape index (κ1) is 23.0. The van der Waals surface area contributed by atoms with Crippen molar-refractivity contribution in [3.05, 3.63) is 42.0 Å². The number of rotatable bonds is 8. The van der Waals surface area contributed by atoms with E-state index in [-0.39, 0.29) is 0 Å². The van der Waals surface area contributed by atoms with Crippen molar-refractivity contribution in [1.29, 1.82) is 0 Å². The van der Waals surface area contributed by atoms with Gasteiger partial charge in [0.15, 0.2) is 0 Å². The van der Waals surface area contributed by atoms with Crippen molar-refractivity contribution >= 4 is 0 Å². The van der Waals surface area contributed by atoms with Gasteiger partial charge in [0.1, 0.15) is 5.75 Å². The van der Waals surface area contributed by atoms with Crippen molar-refractivity contribution in [3.8, 4) is 17.6 Å². The van der Waals surface area contributed by atoms with Crippen molar-refractivity contribution in [1.82, 2.24) is 0 Å². The molecule has 164 valence electrons. The van der Waals surface area contributed by atoms with E-state index in [4.69, 9.17) is 4.74 Å². The first-order chi connectivity index (χ1) is 14.8. The zero-order valence-electron chi connectivity index (χ0n) is 19.4. The summed E-state index contributed by atoms with van der Waals surface area (Å²) in [6.07, 6.45) is 23.3. The zero-order valence-corrected chi connectivity index (χ0v) is 19.4. The first-order valence-electron chi connectivity index (χ1n) is 12.6. The highest BCUT2D eigenvalue weighted by atomic mass is 16.5. The quantitative estimate of drug-likeness (QED) is 0.395. The highest BCUT2D eigenvalue weighted by Crippen LogP contribution is 2.37. The fourth-order valence-corrected chi connectivity index (χ4v) is 5.43. The van der Waals surface area contributed by atoms with Crippen LogP contribution in [0.2, 0.25) is 0 Å². The third-order valence-electron chi connectivity index (χ3n) is 7.57. The smallest absolute Gasteiger partial charge is 0.118 e. The lowest BCUT2D eigenvalue weighted by atomic mass is 9.75. The Morgan fingerprint density at radius 1 is 0.833 bits per heavy atom. The van der Waals surface area contributed by atoms with Gasteiger partial charge in [-0.3, -0.25) is 0 Å². The lowest BCUT2D eigenvalue weighted by Crippen LogP contribution is -2.17. The predicted molar refractivity (Wildman–Crippen MR) is 129 cm³/mol. The molecule has 1 heteroatoms. The van der Waals surface area contributed by atoms with E-state index in [0.29, 0.717) is 0 Å². The molecule has 0 radical (unpaired) electrons. The maximum absolute atomic E-state index is 5.19. The van der Waals surface area contributed by atoms with Gasteiger partial charge in [-0.15, -0.1) is 0 Å². The molecule has 1 aromatic rings. The Morgan fingerprint density at radius 3 is 1.97 bits per heavy atom. The summed E-state index contributed by atoms with van der Waals surface area (Å²) in [6.45, 7) is 2.33. The summed E-state index contributed by atoms with van der Waals surface area (Å²) in [5.41, 5.74) is 1.04. The Balaban J connectivity index is 1.29. The molecule has 1 aromatic carbocycles. The molecule has 0 bridgehead atoms. The van der Waals surface area contributed by atoms with E-state index in [0.717, 1.165) is 35.0 Å². The summed E-state index contributed by atoms with van der Waals surface area (Å²) < 4.78 is 5.19. The number of methoxy groups -OCH3 is 1. The Kier molecular flexibility index (Phi) is 9.88. The molecule has 1 nitrogen and oxygen atoms in total. The van der Waals surface area contributed by atoms with Crippen LogP contribution in [0.3, 0.4) is 0 Å². The Bertz CT molecular complexity index is 673. The van der Waals surface area contributed by atoms with Crippen LogP contribution in [0.15, 0.2) is 36.4 Å². The number of allylic oxidation sites excluding steroid dienone is 2. The fraction of sp³-hybridized carbons (Fsp3) is 0.655. The average molecular weight is 407 g/mol.